The number of fused-ring (bicyclic) bond motifs is 1. The highest BCUT2D eigenvalue weighted by molar-refractivity contribution is 5.97. The van der Waals surface area contributed by atoms with Crippen LogP contribution in [0.1, 0.15) is 35.1 Å². The Kier molecular flexibility index (Phi) is 3.50. The highest BCUT2D eigenvalue weighted by Gasteiger charge is 2.16. The van der Waals surface area contributed by atoms with Crippen LogP contribution in [0.4, 0.5) is 0 Å². The molecule has 0 unspecified atom stereocenters. The highest BCUT2D eigenvalue weighted by atomic mass is 16.5. The molecular weight excluding hydrogens is 254 g/mol. The lowest BCUT2D eigenvalue weighted by Gasteiger charge is -2.05. The number of rotatable bonds is 5. The average Bonchev–Trinajstić information content (AvgIpc) is 3.07. The van der Waals surface area contributed by atoms with Crippen LogP contribution in [0.5, 0.6) is 5.75 Å². The van der Waals surface area contributed by atoms with Crippen molar-refractivity contribution in [3.05, 3.63) is 41.5 Å². The van der Waals surface area contributed by atoms with Gasteiger partial charge in [-0.05, 0) is 30.2 Å². The van der Waals surface area contributed by atoms with E-state index >= 15 is 0 Å². The van der Waals surface area contributed by atoms with E-state index in [1.165, 1.54) is 6.33 Å². The summed E-state index contributed by atoms with van der Waals surface area (Å²) >= 11 is 0. The summed E-state index contributed by atoms with van der Waals surface area (Å²) in [5, 5.41) is 4.14. The number of ketones is 1. The lowest BCUT2D eigenvalue weighted by molar-refractivity contribution is 0.0989. The van der Waals surface area contributed by atoms with Crippen LogP contribution in [0.2, 0.25) is 0 Å². The summed E-state index contributed by atoms with van der Waals surface area (Å²) in [4.78, 5) is 16.5. The number of benzene rings is 1. The molecule has 0 amide bonds. The first-order valence-corrected chi connectivity index (χ1v) is 6.93. The maximum absolute atomic E-state index is 12.3. The van der Waals surface area contributed by atoms with Gasteiger partial charge in [-0.3, -0.25) is 4.79 Å². The van der Waals surface area contributed by atoms with Crippen molar-refractivity contribution < 1.29 is 9.53 Å². The zero-order valence-corrected chi connectivity index (χ0v) is 11.5. The third-order valence-electron chi connectivity index (χ3n) is 3.46. The van der Waals surface area contributed by atoms with Crippen molar-refractivity contribution >= 4 is 5.78 Å². The molecule has 104 valence electrons. The minimum Gasteiger partial charge on any atom is -0.493 e. The van der Waals surface area contributed by atoms with Gasteiger partial charge in [-0.1, -0.05) is 6.92 Å². The molecule has 0 aliphatic carbocycles. The molecule has 5 nitrogen and oxygen atoms in total. The van der Waals surface area contributed by atoms with Crippen molar-refractivity contribution in [2.24, 2.45) is 0 Å². The molecule has 0 atom stereocenters. The second-order valence-corrected chi connectivity index (χ2v) is 4.92. The third-order valence-corrected chi connectivity index (χ3v) is 3.46. The Balaban J connectivity index is 1.77. The van der Waals surface area contributed by atoms with E-state index in [0.717, 1.165) is 42.1 Å². The van der Waals surface area contributed by atoms with Crippen LogP contribution < -0.4 is 4.74 Å². The van der Waals surface area contributed by atoms with Crippen molar-refractivity contribution in [3.8, 4) is 5.75 Å². The first kappa shape index (κ1) is 12.8. The Morgan fingerprint density at radius 1 is 1.45 bits per heavy atom. The topological polar surface area (TPSA) is 57.0 Å². The number of Topliss-reactive ketones (excluding diaryl/α,β-unsaturated/α-hetero) is 1. The van der Waals surface area contributed by atoms with Crippen LogP contribution >= 0.6 is 0 Å². The van der Waals surface area contributed by atoms with Gasteiger partial charge in [0.1, 0.15) is 17.9 Å². The Bertz CT molecular complexity index is 634. The minimum absolute atomic E-state index is 0.0741. The Morgan fingerprint density at radius 2 is 2.35 bits per heavy atom. The summed E-state index contributed by atoms with van der Waals surface area (Å²) in [5.74, 6) is 1.70. The Morgan fingerprint density at radius 3 is 3.20 bits per heavy atom. The number of aromatic nitrogens is 3. The number of hydrogen-bond acceptors (Lipinski definition) is 4. The Hall–Kier alpha value is -2.17. The first-order valence-electron chi connectivity index (χ1n) is 6.93. The van der Waals surface area contributed by atoms with Gasteiger partial charge in [0.15, 0.2) is 5.78 Å². The van der Waals surface area contributed by atoms with E-state index in [1.807, 2.05) is 18.2 Å². The van der Waals surface area contributed by atoms with Gasteiger partial charge in [-0.25, -0.2) is 9.67 Å². The predicted molar refractivity (Wildman–Crippen MR) is 74.0 cm³/mol. The molecule has 1 aromatic heterocycles. The first-order chi connectivity index (χ1) is 9.78. The molecule has 2 aromatic rings. The average molecular weight is 271 g/mol. The summed E-state index contributed by atoms with van der Waals surface area (Å²) in [6.07, 6.45) is 3.65. The summed E-state index contributed by atoms with van der Waals surface area (Å²) in [5.41, 5.74) is 1.84. The molecule has 0 bridgehead atoms. The van der Waals surface area contributed by atoms with E-state index in [9.17, 15) is 4.79 Å². The van der Waals surface area contributed by atoms with Crippen molar-refractivity contribution in [1.29, 1.82) is 0 Å². The quantitative estimate of drug-likeness (QED) is 0.781. The number of ether oxygens (including phenoxy) is 1. The fraction of sp³-hybridized carbons (Fsp3) is 0.400. The lowest BCUT2D eigenvalue weighted by Crippen LogP contribution is -2.11. The predicted octanol–water partition coefficient (Wildman–Crippen LogP) is 2.05. The monoisotopic (exact) mass is 271 g/mol. The van der Waals surface area contributed by atoms with Gasteiger partial charge in [-0.15, -0.1) is 0 Å². The Labute approximate surface area is 117 Å². The van der Waals surface area contributed by atoms with Crippen molar-refractivity contribution in [1.82, 2.24) is 14.8 Å². The highest BCUT2D eigenvalue weighted by Crippen LogP contribution is 2.26. The molecule has 3 rings (SSSR count). The molecule has 0 saturated heterocycles. The maximum Gasteiger partial charge on any atom is 0.170 e. The molecule has 1 aromatic carbocycles. The third kappa shape index (κ3) is 2.43. The summed E-state index contributed by atoms with van der Waals surface area (Å²) in [6, 6.07) is 5.64. The van der Waals surface area contributed by atoms with Gasteiger partial charge in [-0.2, -0.15) is 5.10 Å². The number of carbonyl (C=O) groups excluding carboxylic acids is 1. The fourth-order valence-corrected chi connectivity index (χ4v) is 2.43. The zero-order chi connectivity index (χ0) is 13.9. The van der Waals surface area contributed by atoms with Gasteiger partial charge in [0.05, 0.1) is 13.0 Å². The number of aryl methyl sites for hydroxylation is 1. The maximum atomic E-state index is 12.3. The van der Waals surface area contributed by atoms with Crippen LogP contribution in [-0.2, 0) is 19.4 Å². The zero-order valence-electron chi connectivity index (χ0n) is 11.5. The molecular formula is C15H17N3O2. The van der Waals surface area contributed by atoms with E-state index in [2.05, 4.69) is 17.0 Å². The molecule has 0 spiro atoms. The van der Waals surface area contributed by atoms with Crippen LogP contribution in [-0.4, -0.2) is 27.2 Å². The molecule has 5 heteroatoms. The second kappa shape index (κ2) is 5.45. The molecule has 0 saturated carbocycles. The van der Waals surface area contributed by atoms with Crippen LogP contribution in [0.15, 0.2) is 24.5 Å². The minimum atomic E-state index is 0.0741. The summed E-state index contributed by atoms with van der Waals surface area (Å²) in [6.45, 7) is 3.58. The second-order valence-electron chi connectivity index (χ2n) is 4.92. The largest absolute Gasteiger partial charge is 0.493 e. The van der Waals surface area contributed by atoms with Gasteiger partial charge in [0.2, 0.25) is 0 Å². The van der Waals surface area contributed by atoms with E-state index in [4.69, 9.17) is 4.74 Å². The van der Waals surface area contributed by atoms with E-state index in [1.54, 1.807) is 4.68 Å². The molecule has 1 aliphatic heterocycles. The van der Waals surface area contributed by atoms with E-state index in [0.29, 0.717) is 13.0 Å². The molecule has 0 fully saturated rings. The summed E-state index contributed by atoms with van der Waals surface area (Å²) in [7, 11) is 0. The smallest absolute Gasteiger partial charge is 0.170 e. The number of carbonyl (C=O) groups is 1. The van der Waals surface area contributed by atoms with Gasteiger partial charge < -0.3 is 4.74 Å². The summed E-state index contributed by atoms with van der Waals surface area (Å²) < 4.78 is 7.25. The van der Waals surface area contributed by atoms with Crippen molar-refractivity contribution in [3.63, 3.8) is 0 Å². The van der Waals surface area contributed by atoms with Gasteiger partial charge in [0, 0.05) is 18.5 Å². The lowest BCUT2D eigenvalue weighted by atomic mass is 10.0. The standard InChI is InChI=1S/C15H17N3O2/c1-2-6-18-15(16-10-17-18)9-13(19)11-3-4-14-12(8-11)5-7-20-14/h3-4,8,10H,2,5-7,9H2,1H3. The van der Waals surface area contributed by atoms with E-state index in [-0.39, 0.29) is 5.78 Å². The number of nitrogens with zero attached hydrogens (tertiary/aromatic N) is 3. The van der Waals surface area contributed by atoms with Gasteiger partial charge >= 0.3 is 0 Å². The number of hydrogen-bond donors (Lipinski definition) is 0. The SMILES string of the molecule is CCCn1ncnc1CC(=O)c1ccc2c(c1)CCO2. The van der Waals surface area contributed by atoms with Crippen LogP contribution in [0, 0.1) is 0 Å². The molecule has 2 heterocycles. The normalized spacial score (nSPS) is 13.1. The van der Waals surface area contributed by atoms with E-state index < -0.39 is 0 Å². The molecule has 0 radical (unpaired) electrons. The van der Waals surface area contributed by atoms with Crippen molar-refractivity contribution in [2.45, 2.75) is 32.7 Å². The molecule has 0 N–H and O–H groups in total. The van der Waals surface area contributed by atoms with Gasteiger partial charge in [0.25, 0.3) is 0 Å². The van der Waals surface area contributed by atoms with Crippen LogP contribution in [0.25, 0.3) is 0 Å². The molecule has 20 heavy (non-hydrogen) atoms. The fourth-order valence-electron chi connectivity index (χ4n) is 2.43. The van der Waals surface area contributed by atoms with Crippen molar-refractivity contribution in [2.75, 3.05) is 6.61 Å². The molecule has 1 aliphatic rings. The van der Waals surface area contributed by atoms with Crippen LogP contribution in [0.3, 0.4) is 0 Å².